The largest absolute Gasteiger partial charge is 0.319 e. The Balaban J connectivity index is 1.77. The fourth-order valence-corrected chi connectivity index (χ4v) is 3.56. The third kappa shape index (κ3) is 4.58. The molecule has 2 aromatic carbocycles. The molecule has 7 heteroatoms. The Bertz CT molecular complexity index is 913. The van der Waals surface area contributed by atoms with Gasteiger partial charge in [0.1, 0.15) is 5.69 Å². The first-order valence-corrected chi connectivity index (χ1v) is 9.33. The summed E-state index contributed by atoms with van der Waals surface area (Å²) in [5, 5.41) is 19.1. The number of nitro groups is 1. The number of hydrogen-bond donors (Lipinski definition) is 2. The number of nitro benzene ring substituents is 1. The van der Waals surface area contributed by atoms with E-state index in [-0.39, 0.29) is 23.3 Å². The van der Waals surface area contributed by atoms with Crippen LogP contribution in [0.3, 0.4) is 0 Å². The number of carbonyl (C=O) groups is 1. The predicted octanol–water partition coefficient (Wildman–Crippen LogP) is 4.36. The van der Waals surface area contributed by atoms with Crippen molar-refractivity contribution in [2.75, 3.05) is 5.32 Å². The Morgan fingerprint density at radius 2 is 1.74 bits per heavy atom. The van der Waals surface area contributed by atoms with Crippen LogP contribution < -0.4 is 10.6 Å². The number of benzene rings is 2. The first-order chi connectivity index (χ1) is 13.1. The Kier molecular flexibility index (Phi) is 5.95. The van der Waals surface area contributed by atoms with Crippen molar-refractivity contribution in [2.45, 2.75) is 19.0 Å². The molecule has 3 rings (SSSR count). The van der Waals surface area contributed by atoms with Gasteiger partial charge in [-0.15, -0.1) is 11.3 Å². The van der Waals surface area contributed by atoms with Gasteiger partial charge in [-0.05, 0) is 30.0 Å². The van der Waals surface area contributed by atoms with Gasteiger partial charge in [-0.2, -0.15) is 0 Å². The zero-order valence-corrected chi connectivity index (χ0v) is 15.5. The maximum atomic E-state index is 12.6. The second-order valence-corrected chi connectivity index (χ2v) is 6.99. The summed E-state index contributed by atoms with van der Waals surface area (Å²) >= 11 is 1.61. The molecule has 2 N–H and O–H groups in total. The number of para-hydroxylation sites is 2. The van der Waals surface area contributed by atoms with Gasteiger partial charge in [0.25, 0.3) is 5.69 Å². The molecule has 1 amide bonds. The zero-order chi connectivity index (χ0) is 19.2. The quantitative estimate of drug-likeness (QED) is 0.470. The molecule has 6 nitrogen and oxygen atoms in total. The van der Waals surface area contributed by atoms with E-state index >= 15 is 0 Å². The van der Waals surface area contributed by atoms with E-state index in [4.69, 9.17) is 0 Å². The summed E-state index contributed by atoms with van der Waals surface area (Å²) in [6, 6.07) is 19.3. The average Bonchev–Trinajstić information content (AvgIpc) is 3.21. The molecule has 1 aromatic heterocycles. The Morgan fingerprint density at radius 1 is 1.04 bits per heavy atom. The molecular formula is C20H19N3O3S. The van der Waals surface area contributed by atoms with Gasteiger partial charge in [-0.1, -0.05) is 48.5 Å². The van der Waals surface area contributed by atoms with Gasteiger partial charge in [-0.25, -0.2) is 0 Å². The van der Waals surface area contributed by atoms with Gasteiger partial charge < -0.3 is 5.32 Å². The second kappa shape index (κ2) is 8.57. The summed E-state index contributed by atoms with van der Waals surface area (Å²) in [4.78, 5) is 24.3. The topological polar surface area (TPSA) is 84.3 Å². The van der Waals surface area contributed by atoms with Crippen LogP contribution in [-0.2, 0) is 4.79 Å². The van der Waals surface area contributed by atoms with Crippen molar-refractivity contribution >= 4 is 28.6 Å². The third-order valence-electron chi connectivity index (χ3n) is 4.13. The van der Waals surface area contributed by atoms with Crippen molar-refractivity contribution < 1.29 is 9.72 Å². The van der Waals surface area contributed by atoms with Gasteiger partial charge in [0, 0.05) is 10.9 Å². The van der Waals surface area contributed by atoms with E-state index in [0.29, 0.717) is 0 Å². The smallest absolute Gasteiger partial charge is 0.292 e. The zero-order valence-electron chi connectivity index (χ0n) is 14.7. The Hall–Kier alpha value is -3.03. The number of nitrogens with zero attached hydrogens (tertiary/aromatic N) is 1. The highest BCUT2D eigenvalue weighted by atomic mass is 32.1. The van der Waals surface area contributed by atoms with Crippen LogP contribution in [0.5, 0.6) is 0 Å². The number of carbonyl (C=O) groups excluding carboxylic acids is 1. The van der Waals surface area contributed by atoms with Crippen LogP contribution in [0.25, 0.3) is 0 Å². The molecule has 0 saturated heterocycles. The normalized spacial score (nSPS) is 12.9. The maximum Gasteiger partial charge on any atom is 0.292 e. The summed E-state index contributed by atoms with van der Waals surface area (Å²) in [6.07, 6.45) is 0. The maximum absolute atomic E-state index is 12.6. The van der Waals surface area contributed by atoms with Crippen LogP contribution in [-0.4, -0.2) is 16.9 Å². The lowest BCUT2D eigenvalue weighted by atomic mass is 10.0. The lowest BCUT2D eigenvalue weighted by molar-refractivity contribution is -0.383. The molecule has 0 fully saturated rings. The minimum atomic E-state index is -0.558. The predicted molar refractivity (Wildman–Crippen MR) is 107 cm³/mol. The van der Waals surface area contributed by atoms with E-state index in [1.54, 1.807) is 30.4 Å². The number of anilines is 1. The summed E-state index contributed by atoms with van der Waals surface area (Å²) < 4.78 is 0. The minimum Gasteiger partial charge on any atom is -0.319 e. The SMILES string of the molecule is C[C@H](N[C@@H](c1ccccc1)c1cccs1)C(=O)Nc1ccccc1[N+](=O)[O-]. The fraction of sp³-hybridized carbons (Fsp3) is 0.150. The molecular weight excluding hydrogens is 362 g/mol. The summed E-state index contributed by atoms with van der Waals surface area (Å²) in [5.74, 6) is -0.332. The van der Waals surface area contributed by atoms with E-state index in [0.717, 1.165) is 10.4 Å². The van der Waals surface area contributed by atoms with Crippen LogP contribution in [0.15, 0.2) is 72.1 Å². The number of thiophene rings is 1. The molecule has 3 aromatic rings. The highest BCUT2D eigenvalue weighted by Crippen LogP contribution is 2.27. The molecule has 0 aliphatic rings. The first-order valence-electron chi connectivity index (χ1n) is 8.45. The second-order valence-electron chi connectivity index (χ2n) is 6.01. The van der Waals surface area contributed by atoms with E-state index in [1.807, 2.05) is 47.8 Å². The van der Waals surface area contributed by atoms with E-state index in [9.17, 15) is 14.9 Å². The number of amides is 1. The lowest BCUT2D eigenvalue weighted by Crippen LogP contribution is -2.40. The molecule has 27 heavy (non-hydrogen) atoms. The van der Waals surface area contributed by atoms with Crippen LogP contribution in [0.4, 0.5) is 11.4 Å². The van der Waals surface area contributed by atoms with Crippen LogP contribution in [0.2, 0.25) is 0 Å². The standard InChI is InChI=1S/C20H19N3O3S/c1-14(20(24)22-16-10-5-6-11-17(16)23(25)26)21-19(18-12-7-13-27-18)15-8-3-2-4-9-15/h2-14,19,21H,1H3,(H,22,24)/t14-,19-/m0/s1. The third-order valence-corrected chi connectivity index (χ3v) is 5.07. The molecule has 0 aliphatic carbocycles. The molecule has 1 heterocycles. The monoisotopic (exact) mass is 381 g/mol. The summed E-state index contributed by atoms with van der Waals surface area (Å²) in [5.41, 5.74) is 1.11. The number of nitrogens with one attached hydrogen (secondary N) is 2. The van der Waals surface area contributed by atoms with E-state index in [1.165, 1.54) is 12.1 Å². The summed E-state index contributed by atoms with van der Waals surface area (Å²) in [7, 11) is 0. The van der Waals surface area contributed by atoms with Crippen molar-refractivity contribution in [3.05, 3.63) is 92.7 Å². The average molecular weight is 381 g/mol. The minimum absolute atomic E-state index is 0.129. The molecule has 0 aliphatic heterocycles. The van der Waals surface area contributed by atoms with Gasteiger partial charge in [0.2, 0.25) is 5.91 Å². The molecule has 0 saturated carbocycles. The Labute approximate surface area is 161 Å². The molecule has 0 spiro atoms. The summed E-state index contributed by atoms with van der Waals surface area (Å²) in [6.45, 7) is 1.74. The lowest BCUT2D eigenvalue weighted by Gasteiger charge is -2.22. The van der Waals surface area contributed by atoms with E-state index in [2.05, 4.69) is 10.6 Å². The number of hydrogen-bond acceptors (Lipinski definition) is 5. The number of rotatable bonds is 7. The van der Waals surface area contributed by atoms with Gasteiger partial charge in [0.05, 0.1) is 17.0 Å². The Morgan fingerprint density at radius 3 is 2.41 bits per heavy atom. The first kappa shape index (κ1) is 18.8. The van der Waals surface area contributed by atoms with Crippen molar-refractivity contribution in [3.63, 3.8) is 0 Å². The van der Waals surface area contributed by atoms with Crippen molar-refractivity contribution in [1.29, 1.82) is 0 Å². The van der Waals surface area contributed by atoms with Crippen LogP contribution >= 0.6 is 11.3 Å². The molecule has 138 valence electrons. The van der Waals surface area contributed by atoms with Crippen LogP contribution in [0, 0.1) is 10.1 Å². The van der Waals surface area contributed by atoms with Gasteiger partial charge in [0.15, 0.2) is 0 Å². The van der Waals surface area contributed by atoms with Gasteiger partial charge >= 0.3 is 0 Å². The fourth-order valence-electron chi connectivity index (χ4n) is 2.75. The molecule has 0 radical (unpaired) electrons. The highest BCUT2D eigenvalue weighted by Gasteiger charge is 2.23. The van der Waals surface area contributed by atoms with Crippen molar-refractivity contribution in [1.82, 2.24) is 5.32 Å². The van der Waals surface area contributed by atoms with E-state index < -0.39 is 11.0 Å². The molecule has 2 atom stereocenters. The molecule has 0 unspecified atom stereocenters. The van der Waals surface area contributed by atoms with Gasteiger partial charge in [-0.3, -0.25) is 20.2 Å². The van der Waals surface area contributed by atoms with Crippen LogP contribution in [0.1, 0.15) is 23.4 Å². The molecule has 0 bridgehead atoms. The highest BCUT2D eigenvalue weighted by molar-refractivity contribution is 7.10. The van der Waals surface area contributed by atoms with Crippen molar-refractivity contribution in [2.24, 2.45) is 0 Å². The van der Waals surface area contributed by atoms with Crippen molar-refractivity contribution in [3.8, 4) is 0 Å².